The minimum absolute atomic E-state index is 0.170. The van der Waals surface area contributed by atoms with Crippen LogP contribution < -0.4 is 10.1 Å². The zero-order valence-corrected chi connectivity index (χ0v) is 13.1. The number of aryl methyl sites for hydroxylation is 1. The van der Waals surface area contributed by atoms with Crippen LogP contribution in [0.1, 0.15) is 36.8 Å². The third-order valence-corrected chi connectivity index (χ3v) is 3.58. The molecule has 1 N–H and O–H groups in total. The Hall–Kier alpha value is -1.94. The number of nitrogens with one attached hydrogen (secondary N) is 1. The highest BCUT2D eigenvalue weighted by Gasteiger charge is 2.14. The van der Waals surface area contributed by atoms with Crippen molar-refractivity contribution in [3.63, 3.8) is 0 Å². The molecule has 112 valence electrons. The maximum atomic E-state index is 5.40. The Morgan fingerprint density at radius 3 is 2.57 bits per heavy atom. The lowest BCUT2D eigenvalue weighted by atomic mass is 10.0. The van der Waals surface area contributed by atoms with Gasteiger partial charge in [0.1, 0.15) is 5.75 Å². The van der Waals surface area contributed by atoms with Crippen molar-refractivity contribution in [1.82, 2.24) is 15.3 Å². The van der Waals surface area contributed by atoms with Crippen LogP contribution in [-0.4, -0.2) is 23.1 Å². The van der Waals surface area contributed by atoms with Gasteiger partial charge >= 0.3 is 0 Å². The second-order valence-corrected chi connectivity index (χ2v) is 5.33. The Bertz CT molecular complexity index is 586. The summed E-state index contributed by atoms with van der Waals surface area (Å²) in [4.78, 5) is 8.72. The molecule has 0 aliphatic carbocycles. The number of aromatic nitrogens is 2. The predicted molar refractivity (Wildman–Crippen MR) is 84.5 cm³/mol. The van der Waals surface area contributed by atoms with Gasteiger partial charge in [0, 0.05) is 24.5 Å². The van der Waals surface area contributed by atoms with Gasteiger partial charge < -0.3 is 10.1 Å². The van der Waals surface area contributed by atoms with Gasteiger partial charge in [0.25, 0.3) is 0 Å². The van der Waals surface area contributed by atoms with Crippen LogP contribution in [0.4, 0.5) is 0 Å². The fraction of sp³-hybridized carbons (Fsp3) is 0.412. The minimum Gasteiger partial charge on any atom is -0.496 e. The standard InChI is InChI=1S/C17H23N3O/c1-12(11-15-7-5-6-8-16(15)21-4)20-14(3)17-13(2)18-9-10-19-17/h5-10,12,14,20H,11H2,1-4H3. The molecular formula is C17H23N3O. The highest BCUT2D eigenvalue weighted by Crippen LogP contribution is 2.20. The van der Waals surface area contributed by atoms with Crippen LogP contribution in [0, 0.1) is 6.92 Å². The summed E-state index contributed by atoms with van der Waals surface area (Å²) in [7, 11) is 1.71. The first-order valence-electron chi connectivity index (χ1n) is 7.27. The topological polar surface area (TPSA) is 47.0 Å². The Morgan fingerprint density at radius 1 is 1.14 bits per heavy atom. The predicted octanol–water partition coefficient (Wildman–Crippen LogP) is 3.08. The van der Waals surface area contributed by atoms with Crippen molar-refractivity contribution in [2.75, 3.05) is 7.11 Å². The molecule has 0 bridgehead atoms. The van der Waals surface area contributed by atoms with Gasteiger partial charge in [-0.15, -0.1) is 0 Å². The van der Waals surface area contributed by atoms with Crippen LogP contribution in [-0.2, 0) is 6.42 Å². The molecule has 0 amide bonds. The summed E-state index contributed by atoms with van der Waals surface area (Å²) in [5.41, 5.74) is 3.19. The number of rotatable bonds is 6. The molecule has 0 aliphatic rings. The molecule has 4 nitrogen and oxygen atoms in total. The van der Waals surface area contributed by atoms with Crippen molar-refractivity contribution in [3.8, 4) is 5.75 Å². The van der Waals surface area contributed by atoms with E-state index in [2.05, 4.69) is 35.2 Å². The maximum Gasteiger partial charge on any atom is 0.122 e. The zero-order chi connectivity index (χ0) is 15.2. The average Bonchev–Trinajstić information content (AvgIpc) is 2.48. The number of ether oxygens (including phenoxy) is 1. The second-order valence-electron chi connectivity index (χ2n) is 5.33. The fourth-order valence-electron chi connectivity index (χ4n) is 2.61. The molecular weight excluding hydrogens is 262 g/mol. The number of para-hydroxylation sites is 1. The Kier molecular flexibility index (Phi) is 5.28. The van der Waals surface area contributed by atoms with Crippen LogP contribution >= 0.6 is 0 Å². The van der Waals surface area contributed by atoms with E-state index >= 15 is 0 Å². The van der Waals surface area contributed by atoms with E-state index in [0.717, 1.165) is 23.6 Å². The minimum atomic E-state index is 0.170. The number of methoxy groups -OCH3 is 1. The van der Waals surface area contributed by atoms with Crippen molar-refractivity contribution < 1.29 is 4.74 Å². The van der Waals surface area contributed by atoms with E-state index in [0.29, 0.717) is 6.04 Å². The normalized spacial score (nSPS) is 13.7. The van der Waals surface area contributed by atoms with Crippen molar-refractivity contribution in [2.24, 2.45) is 0 Å². The number of benzene rings is 1. The number of nitrogens with zero attached hydrogens (tertiary/aromatic N) is 2. The maximum absolute atomic E-state index is 5.40. The van der Waals surface area contributed by atoms with Crippen molar-refractivity contribution in [2.45, 2.75) is 39.3 Å². The van der Waals surface area contributed by atoms with Gasteiger partial charge in [-0.25, -0.2) is 0 Å². The molecule has 2 rings (SSSR count). The van der Waals surface area contributed by atoms with E-state index < -0.39 is 0 Å². The first-order valence-corrected chi connectivity index (χ1v) is 7.27. The van der Waals surface area contributed by atoms with Crippen LogP contribution in [0.2, 0.25) is 0 Å². The van der Waals surface area contributed by atoms with Gasteiger partial charge in [-0.05, 0) is 38.8 Å². The molecule has 1 aromatic carbocycles. The summed E-state index contributed by atoms with van der Waals surface area (Å²) in [5, 5.41) is 3.58. The quantitative estimate of drug-likeness (QED) is 0.886. The first kappa shape index (κ1) is 15.4. The molecule has 0 spiro atoms. The van der Waals surface area contributed by atoms with Gasteiger partial charge in [-0.2, -0.15) is 0 Å². The molecule has 0 saturated heterocycles. The van der Waals surface area contributed by atoms with E-state index in [-0.39, 0.29) is 6.04 Å². The summed E-state index contributed by atoms with van der Waals surface area (Å²) in [6.45, 7) is 6.29. The van der Waals surface area contributed by atoms with E-state index in [1.165, 1.54) is 5.56 Å². The molecule has 0 fully saturated rings. The molecule has 0 aliphatic heterocycles. The van der Waals surface area contributed by atoms with Crippen molar-refractivity contribution in [1.29, 1.82) is 0 Å². The SMILES string of the molecule is COc1ccccc1CC(C)NC(C)c1nccnc1C. The molecule has 21 heavy (non-hydrogen) atoms. The van der Waals surface area contributed by atoms with Crippen molar-refractivity contribution in [3.05, 3.63) is 53.6 Å². The van der Waals surface area contributed by atoms with Crippen molar-refractivity contribution >= 4 is 0 Å². The van der Waals surface area contributed by atoms with E-state index in [9.17, 15) is 0 Å². The number of hydrogen-bond donors (Lipinski definition) is 1. The molecule has 1 heterocycles. The van der Waals surface area contributed by atoms with Crippen LogP contribution in [0.3, 0.4) is 0 Å². The van der Waals surface area contributed by atoms with Crippen LogP contribution in [0.5, 0.6) is 5.75 Å². The monoisotopic (exact) mass is 285 g/mol. The third kappa shape index (κ3) is 4.02. The van der Waals surface area contributed by atoms with E-state index in [4.69, 9.17) is 4.74 Å². The highest BCUT2D eigenvalue weighted by molar-refractivity contribution is 5.33. The molecule has 4 heteroatoms. The average molecular weight is 285 g/mol. The summed E-state index contributed by atoms with van der Waals surface area (Å²) in [5.74, 6) is 0.939. The van der Waals surface area contributed by atoms with E-state index in [1.807, 2.05) is 25.1 Å². The Balaban J connectivity index is 2.01. The zero-order valence-electron chi connectivity index (χ0n) is 13.1. The van der Waals surface area contributed by atoms with Crippen LogP contribution in [0.25, 0.3) is 0 Å². The highest BCUT2D eigenvalue weighted by atomic mass is 16.5. The summed E-state index contributed by atoms with van der Waals surface area (Å²) in [6, 6.07) is 8.63. The lowest BCUT2D eigenvalue weighted by molar-refractivity contribution is 0.402. The van der Waals surface area contributed by atoms with E-state index in [1.54, 1.807) is 19.5 Å². The number of hydrogen-bond acceptors (Lipinski definition) is 4. The smallest absolute Gasteiger partial charge is 0.122 e. The molecule has 1 aromatic heterocycles. The van der Waals surface area contributed by atoms with Crippen LogP contribution in [0.15, 0.2) is 36.7 Å². The largest absolute Gasteiger partial charge is 0.496 e. The Labute approximate surface area is 126 Å². The third-order valence-electron chi connectivity index (χ3n) is 3.58. The first-order chi connectivity index (χ1) is 10.1. The Morgan fingerprint density at radius 2 is 1.86 bits per heavy atom. The molecule has 2 aromatic rings. The molecule has 0 saturated carbocycles. The van der Waals surface area contributed by atoms with Gasteiger partial charge in [-0.1, -0.05) is 18.2 Å². The van der Waals surface area contributed by atoms with Gasteiger partial charge in [-0.3, -0.25) is 9.97 Å². The molecule has 2 atom stereocenters. The summed E-state index contributed by atoms with van der Waals surface area (Å²) < 4.78 is 5.40. The fourth-order valence-corrected chi connectivity index (χ4v) is 2.61. The van der Waals surface area contributed by atoms with Gasteiger partial charge in [0.05, 0.1) is 18.5 Å². The molecule has 0 radical (unpaired) electrons. The molecule has 2 unspecified atom stereocenters. The van der Waals surface area contributed by atoms with Gasteiger partial charge in [0.2, 0.25) is 0 Å². The lowest BCUT2D eigenvalue weighted by Crippen LogP contribution is -2.31. The second kappa shape index (κ2) is 7.18. The van der Waals surface area contributed by atoms with Gasteiger partial charge in [0.15, 0.2) is 0 Å². The summed E-state index contributed by atoms with van der Waals surface area (Å²) in [6.07, 6.45) is 4.38. The lowest BCUT2D eigenvalue weighted by Gasteiger charge is -2.21. The summed E-state index contributed by atoms with van der Waals surface area (Å²) >= 11 is 0.